The number of aryl methyl sites for hydroxylation is 1. The van der Waals surface area contributed by atoms with Crippen LogP contribution in [0.5, 0.6) is 0 Å². The van der Waals surface area contributed by atoms with Gasteiger partial charge >= 0.3 is 5.91 Å². The van der Waals surface area contributed by atoms with Crippen LogP contribution in [0.4, 0.5) is 0 Å². The van der Waals surface area contributed by atoms with Gasteiger partial charge in [-0.2, -0.15) is 4.58 Å². The highest BCUT2D eigenvalue weighted by Gasteiger charge is 2.26. The average molecular weight is 484 g/mol. The summed E-state index contributed by atoms with van der Waals surface area (Å²) in [4.78, 5) is 13.0. The molecule has 2 aromatic heterocycles. The Morgan fingerprint density at radius 2 is 1.75 bits per heavy atom. The van der Waals surface area contributed by atoms with Crippen LogP contribution >= 0.6 is 0 Å². The first-order valence-corrected chi connectivity index (χ1v) is 13.0. The van der Waals surface area contributed by atoms with E-state index in [-0.39, 0.29) is 11.9 Å². The molecule has 3 aromatic carbocycles. The molecule has 5 nitrogen and oxygen atoms in total. The number of amides is 1. The van der Waals surface area contributed by atoms with E-state index in [4.69, 9.17) is 9.15 Å². The van der Waals surface area contributed by atoms with Gasteiger partial charge in [-0.1, -0.05) is 50.5 Å². The SMILES string of the molecule is CCCCCCC(COC)[N+](C(C)=O)=c1ccc2c3cccc4oc5ccccc5c(c43)n(C)c2c1. The quantitative estimate of drug-likeness (QED) is 0.109. The zero-order chi connectivity index (χ0) is 25.2. The summed E-state index contributed by atoms with van der Waals surface area (Å²) in [6.45, 7) is 4.39. The number of para-hydroxylation sites is 1. The molecule has 5 heteroatoms. The summed E-state index contributed by atoms with van der Waals surface area (Å²) >= 11 is 0. The van der Waals surface area contributed by atoms with Gasteiger partial charge in [-0.25, -0.2) is 4.79 Å². The second-order valence-electron chi connectivity index (χ2n) is 9.73. The number of unbranched alkanes of at least 4 members (excludes halogenated alkanes) is 3. The Hall–Kier alpha value is -3.44. The fourth-order valence-electron chi connectivity index (χ4n) is 5.67. The maximum Gasteiger partial charge on any atom is 0.384 e. The molecule has 5 aromatic rings. The molecule has 0 spiro atoms. The van der Waals surface area contributed by atoms with Crippen molar-refractivity contribution in [2.75, 3.05) is 13.7 Å². The monoisotopic (exact) mass is 483 g/mol. The summed E-state index contributed by atoms with van der Waals surface area (Å²) in [5, 5.41) is 5.40. The highest BCUT2D eigenvalue weighted by Crippen LogP contribution is 2.37. The van der Waals surface area contributed by atoms with Crippen LogP contribution in [0, 0.1) is 0 Å². The van der Waals surface area contributed by atoms with Crippen molar-refractivity contribution in [1.82, 2.24) is 9.14 Å². The first-order chi connectivity index (χ1) is 17.5. The zero-order valence-electron chi connectivity index (χ0n) is 21.7. The molecule has 0 aliphatic heterocycles. The number of hydrogen-bond donors (Lipinski definition) is 0. The van der Waals surface area contributed by atoms with Gasteiger partial charge in [-0.3, -0.25) is 0 Å². The van der Waals surface area contributed by atoms with Crippen molar-refractivity contribution < 1.29 is 13.9 Å². The van der Waals surface area contributed by atoms with E-state index < -0.39 is 0 Å². The highest BCUT2D eigenvalue weighted by molar-refractivity contribution is 6.23. The van der Waals surface area contributed by atoms with Crippen LogP contribution in [0.15, 0.2) is 65.1 Å². The van der Waals surface area contributed by atoms with Crippen molar-refractivity contribution in [3.63, 3.8) is 0 Å². The minimum absolute atomic E-state index is 0.00616. The van der Waals surface area contributed by atoms with E-state index >= 15 is 0 Å². The highest BCUT2D eigenvalue weighted by atomic mass is 16.5. The van der Waals surface area contributed by atoms with Crippen molar-refractivity contribution in [3.8, 4) is 0 Å². The minimum Gasteiger partial charge on any atom is -0.456 e. The molecule has 0 aliphatic rings. The Balaban J connectivity index is 1.81. The van der Waals surface area contributed by atoms with Crippen LogP contribution in [-0.2, 0) is 16.6 Å². The number of aromatic nitrogens is 1. The van der Waals surface area contributed by atoms with Crippen molar-refractivity contribution in [3.05, 3.63) is 66.0 Å². The van der Waals surface area contributed by atoms with Gasteiger partial charge in [0.1, 0.15) is 17.8 Å². The van der Waals surface area contributed by atoms with Crippen molar-refractivity contribution >= 4 is 49.7 Å². The van der Waals surface area contributed by atoms with Crippen LogP contribution < -0.4 is 9.93 Å². The summed E-state index contributed by atoms with van der Waals surface area (Å²) in [5.74, 6) is 0.0395. The summed E-state index contributed by atoms with van der Waals surface area (Å²) in [6.07, 6.45) is 5.59. The van der Waals surface area contributed by atoms with Gasteiger partial charge in [0.05, 0.1) is 18.0 Å². The number of pyridine rings is 1. The van der Waals surface area contributed by atoms with Crippen LogP contribution in [0.3, 0.4) is 0 Å². The molecule has 0 fully saturated rings. The van der Waals surface area contributed by atoms with Crippen molar-refractivity contribution in [2.24, 2.45) is 7.05 Å². The summed E-state index contributed by atoms with van der Waals surface area (Å²) < 4.78 is 16.0. The Morgan fingerprint density at radius 1 is 0.972 bits per heavy atom. The fourth-order valence-corrected chi connectivity index (χ4v) is 5.67. The van der Waals surface area contributed by atoms with E-state index in [0.29, 0.717) is 6.61 Å². The molecule has 1 unspecified atom stereocenters. The Morgan fingerprint density at radius 3 is 2.53 bits per heavy atom. The van der Waals surface area contributed by atoms with Crippen LogP contribution in [0.2, 0.25) is 0 Å². The Bertz CT molecular complexity index is 1640. The van der Waals surface area contributed by atoms with Crippen molar-refractivity contribution in [2.45, 2.75) is 52.0 Å². The van der Waals surface area contributed by atoms with Gasteiger partial charge in [0.15, 0.2) is 6.04 Å². The predicted octanol–water partition coefficient (Wildman–Crippen LogP) is 6.54. The summed E-state index contributed by atoms with van der Waals surface area (Å²) in [5.41, 5.74) is 3.95. The van der Waals surface area contributed by atoms with E-state index in [2.05, 4.69) is 54.9 Å². The van der Waals surface area contributed by atoms with E-state index in [1.807, 2.05) is 28.8 Å². The largest absolute Gasteiger partial charge is 0.456 e. The lowest BCUT2D eigenvalue weighted by Crippen LogP contribution is -2.44. The molecule has 0 aliphatic carbocycles. The Kier molecular flexibility index (Phi) is 6.92. The van der Waals surface area contributed by atoms with Gasteiger partial charge in [0.2, 0.25) is 5.36 Å². The molecule has 36 heavy (non-hydrogen) atoms. The predicted molar refractivity (Wildman–Crippen MR) is 148 cm³/mol. The molecule has 0 bridgehead atoms. The van der Waals surface area contributed by atoms with Crippen LogP contribution in [0.1, 0.15) is 46.0 Å². The smallest absolute Gasteiger partial charge is 0.384 e. The first kappa shape index (κ1) is 24.3. The van der Waals surface area contributed by atoms with E-state index in [1.165, 1.54) is 19.3 Å². The third kappa shape index (κ3) is 4.22. The Labute approximate surface area is 211 Å². The molecule has 0 saturated heterocycles. The summed E-state index contributed by atoms with van der Waals surface area (Å²) in [6, 6.07) is 20.8. The maximum absolute atomic E-state index is 13.0. The molecule has 2 heterocycles. The molecular weight excluding hydrogens is 448 g/mol. The number of fused-ring (bicyclic) bond motifs is 4. The molecule has 0 radical (unpaired) electrons. The number of benzene rings is 3. The number of rotatable bonds is 8. The number of ether oxygens (including phenoxy) is 1. The van der Waals surface area contributed by atoms with E-state index in [0.717, 1.165) is 61.9 Å². The third-order valence-corrected chi connectivity index (χ3v) is 7.33. The molecule has 0 saturated carbocycles. The third-order valence-electron chi connectivity index (χ3n) is 7.33. The zero-order valence-corrected chi connectivity index (χ0v) is 21.7. The van der Waals surface area contributed by atoms with Crippen LogP contribution in [0.25, 0.3) is 43.7 Å². The van der Waals surface area contributed by atoms with Gasteiger partial charge in [-0.05, 0) is 36.1 Å². The normalized spacial score (nSPS) is 13.7. The molecule has 1 amide bonds. The maximum atomic E-state index is 13.0. The van der Waals surface area contributed by atoms with Gasteiger partial charge < -0.3 is 13.7 Å². The second kappa shape index (κ2) is 10.3. The number of methoxy groups -OCH3 is 1. The number of nitrogens with zero attached hydrogens (tertiary/aromatic N) is 2. The summed E-state index contributed by atoms with van der Waals surface area (Å²) in [7, 11) is 3.82. The lowest BCUT2D eigenvalue weighted by Gasteiger charge is -2.17. The number of carbonyl (C=O) groups is 1. The lowest BCUT2D eigenvalue weighted by atomic mass is 10.0. The lowest BCUT2D eigenvalue weighted by molar-refractivity contribution is -0.122. The molecule has 0 N–H and O–H groups in total. The molecular formula is C31H35N2O3+. The van der Waals surface area contributed by atoms with Gasteiger partial charge in [0, 0.05) is 48.9 Å². The van der Waals surface area contributed by atoms with E-state index in [9.17, 15) is 4.79 Å². The minimum atomic E-state index is 0.00616. The average Bonchev–Trinajstić information content (AvgIpc) is 2.88. The molecule has 1 atom stereocenters. The first-order valence-electron chi connectivity index (χ1n) is 13.0. The number of hydrogen-bond acceptors (Lipinski definition) is 3. The molecule has 5 rings (SSSR count). The van der Waals surface area contributed by atoms with Crippen LogP contribution in [-0.4, -0.2) is 30.2 Å². The molecule has 186 valence electrons. The van der Waals surface area contributed by atoms with Gasteiger partial charge in [-0.15, -0.1) is 0 Å². The van der Waals surface area contributed by atoms with E-state index in [1.54, 1.807) is 14.0 Å². The fraction of sp³-hybridized carbons (Fsp3) is 0.355. The number of carbonyl (C=O) groups excluding carboxylic acids is 1. The standard InChI is InChI=1S/C31H35N2O3/c1-5-6-7-8-12-23(20-35-4)33(21(2)34)22-17-18-24-25-14-11-16-29-30(25)31(32(3)27(24)19-22)26-13-9-10-15-28(26)36-29/h9-11,13-19,23H,5-8,12,20H2,1-4H3/q+1. The van der Waals surface area contributed by atoms with Crippen molar-refractivity contribution in [1.29, 1.82) is 0 Å². The van der Waals surface area contributed by atoms with Gasteiger partial charge in [0.25, 0.3) is 0 Å². The topological polar surface area (TPSA) is 47.4 Å². The second-order valence-corrected chi connectivity index (χ2v) is 9.73.